The van der Waals surface area contributed by atoms with E-state index in [1.807, 2.05) is 24.3 Å². The molecule has 2 heterocycles. The summed E-state index contributed by atoms with van der Waals surface area (Å²) in [5, 5.41) is 10.2. The van der Waals surface area contributed by atoms with Crippen molar-refractivity contribution in [1.29, 1.82) is 0 Å². The minimum Gasteiger partial charge on any atom is -0.481 e. The fraction of sp³-hybridized carbons (Fsp3) is 0.200. The van der Waals surface area contributed by atoms with Gasteiger partial charge in [-0.15, -0.1) is 0 Å². The summed E-state index contributed by atoms with van der Waals surface area (Å²) >= 11 is 0. The number of methoxy groups -OCH3 is 1. The van der Waals surface area contributed by atoms with Gasteiger partial charge in [-0.05, 0) is 54.2 Å². The van der Waals surface area contributed by atoms with Crippen LogP contribution in [0.15, 0.2) is 73.1 Å². The highest BCUT2D eigenvalue weighted by molar-refractivity contribution is 5.86. The molecule has 2 aromatic carbocycles. The molecule has 4 rings (SSSR count). The Bertz CT molecular complexity index is 1150. The second kappa shape index (κ2) is 8.82. The predicted octanol–water partition coefficient (Wildman–Crippen LogP) is 4.84. The smallest absolute Gasteiger partial charge is 0.303 e. The number of aryl methyl sites for hydroxylation is 3. The predicted molar refractivity (Wildman–Crippen MR) is 117 cm³/mol. The van der Waals surface area contributed by atoms with Crippen molar-refractivity contribution in [1.82, 2.24) is 9.55 Å². The lowest BCUT2D eigenvalue weighted by atomic mass is 10.0. The van der Waals surface area contributed by atoms with Crippen LogP contribution in [0.4, 0.5) is 0 Å². The van der Waals surface area contributed by atoms with Crippen LogP contribution >= 0.6 is 0 Å². The number of aromatic nitrogens is 2. The summed E-state index contributed by atoms with van der Waals surface area (Å²) in [4.78, 5) is 15.3. The number of benzene rings is 2. The standard InChI is InChI=1S/C25H24N2O3/c1-30-24-13-11-21(16-26-24)27-17-20(10-7-18-5-3-2-4-6-18)22-15-19(8-12-23(22)27)9-14-25(28)29/h2-6,8,11-13,15-17H,7,9-10,14H2,1H3,(H,28,29). The molecule has 0 atom stereocenters. The van der Waals surface area contributed by atoms with Crippen molar-refractivity contribution in [3.05, 3.63) is 89.7 Å². The first kappa shape index (κ1) is 19.7. The van der Waals surface area contributed by atoms with E-state index in [0.717, 1.165) is 35.0 Å². The van der Waals surface area contributed by atoms with E-state index in [1.54, 1.807) is 13.3 Å². The van der Waals surface area contributed by atoms with Gasteiger partial charge < -0.3 is 14.4 Å². The zero-order chi connectivity index (χ0) is 20.9. The summed E-state index contributed by atoms with van der Waals surface area (Å²) < 4.78 is 7.32. The third-order valence-electron chi connectivity index (χ3n) is 5.31. The largest absolute Gasteiger partial charge is 0.481 e. The quantitative estimate of drug-likeness (QED) is 0.460. The Morgan fingerprint density at radius 2 is 1.83 bits per heavy atom. The van der Waals surface area contributed by atoms with Crippen molar-refractivity contribution >= 4 is 16.9 Å². The molecule has 1 N–H and O–H groups in total. The zero-order valence-corrected chi connectivity index (χ0v) is 16.9. The number of aliphatic carboxylic acids is 1. The number of hydrogen-bond donors (Lipinski definition) is 1. The Balaban J connectivity index is 1.72. The molecule has 5 heteroatoms. The molecule has 0 saturated carbocycles. The molecule has 0 radical (unpaired) electrons. The normalized spacial score (nSPS) is 11.0. The van der Waals surface area contributed by atoms with Crippen molar-refractivity contribution in [3.63, 3.8) is 0 Å². The highest BCUT2D eigenvalue weighted by Gasteiger charge is 2.12. The van der Waals surface area contributed by atoms with Crippen LogP contribution in [0.25, 0.3) is 16.6 Å². The molecule has 152 valence electrons. The minimum absolute atomic E-state index is 0.133. The monoisotopic (exact) mass is 400 g/mol. The molecule has 0 saturated heterocycles. The number of carboxylic acid groups (broad SMARTS) is 1. The second-order valence-corrected chi connectivity index (χ2v) is 7.31. The van der Waals surface area contributed by atoms with Crippen molar-refractivity contribution in [2.24, 2.45) is 0 Å². The molecule has 2 aromatic heterocycles. The van der Waals surface area contributed by atoms with Crippen molar-refractivity contribution in [2.75, 3.05) is 7.11 Å². The number of carbonyl (C=O) groups is 1. The van der Waals surface area contributed by atoms with Crippen LogP contribution < -0.4 is 4.74 Å². The zero-order valence-electron chi connectivity index (χ0n) is 16.9. The summed E-state index contributed by atoms with van der Waals surface area (Å²) in [6.07, 6.45) is 6.47. The van der Waals surface area contributed by atoms with E-state index in [4.69, 9.17) is 9.84 Å². The fourth-order valence-electron chi connectivity index (χ4n) is 3.72. The number of nitrogens with zero attached hydrogens (tertiary/aromatic N) is 2. The maximum Gasteiger partial charge on any atom is 0.303 e. The number of fused-ring (bicyclic) bond motifs is 1. The average Bonchev–Trinajstić information content (AvgIpc) is 3.15. The lowest BCUT2D eigenvalue weighted by Crippen LogP contribution is -1.98. The number of pyridine rings is 1. The Morgan fingerprint density at radius 1 is 1.00 bits per heavy atom. The van der Waals surface area contributed by atoms with Crippen LogP contribution in [0.3, 0.4) is 0 Å². The topological polar surface area (TPSA) is 64.3 Å². The molecule has 0 aliphatic carbocycles. The SMILES string of the molecule is COc1ccc(-n2cc(CCc3ccccc3)c3cc(CCC(=O)O)ccc32)cn1. The van der Waals surface area contributed by atoms with Crippen LogP contribution in [0.5, 0.6) is 5.88 Å². The van der Waals surface area contributed by atoms with Gasteiger partial charge >= 0.3 is 5.97 Å². The first-order valence-electron chi connectivity index (χ1n) is 10.0. The van der Waals surface area contributed by atoms with E-state index in [9.17, 15) is 4.79 Å². The van der Waals surface area contributed by atoms with E-state index in [-0.39, 0.29) is 6.42 Å². The maximum atomic E-state index is 11.0. The fourth-order valence-corrected chi connectivity index (χ4v) is 3.72. The first-order chi connectivity index (χ1) is 14.6. The summed E-state index contributed by atoms with van der Waals surface area (Å²) in [6, 6.07) is 20.5. The molecule has 0 amide bonds. The molecule has 0 unspecified atom stereocenters. The molecule has 0 bridgehead atoms. The van der Waals surface area contributed by atoms with Gasteiger partial charge in [-0.3, -0.25) is 4.79 Å². The van der Waals surface area contributed by atoms with Crippen molar-refractivity contribution in [2.45, 2.75) is 25.7 Å². The third kappa shape index (κ3) is 4.35. The lowest BCUT2D eigenvalue weighted by molar-refractivity contribution is -0.136. The van der Waals surface area contributed by atoms with E-state index in [2.05, 4.69) is 52.1 Å². The van der Waals surface area contributed by atoms with Crippen LogP contribution in [0.2, 0.25) is 0 Å². The molecular formula is C25H24N2O3. The van der Waals surface area contributed by atoms with Crippen LogP contribution in [-0.2, 0) is 24.1 Å². The van der Waals surface area contributed by atoms with Gasteiger partial charge in [0.25, 0.3) is 0 Å². The summed E-state index contributed by atoms with van der Waals surface area (Å²) in [6.45, 7) is 0. The van der Waals surface area contributed by atoms with Crippen molar-refractivity contribution < 1.29 is 14.6 Å². The Hall–Kier alpha value is -3.60. The number of ether oxygens (including phenoxy) is 1. The summed E-state index contributed by atoms with van der Waals surface area (Å²) in [7, 11) is 1.60. The van der Waals surface area contributed by atoms with Crippen LogP contribution in [0.1, 0.15) is 23.1 Å². The van der Waals surface area contributed by atoms with E-state index in [1.165, 1.54) is 11.1 Å². The van der Waals surface area contributed by atoms with Gasteiger partial charge in [0.2, 0.25) is 5.88 Å². The molecule has 0 aliphatic rings. The van der Waals surface area contributed by atoms with Gasteiger partial charge in [-0.1, -0.05) is 36.4 Å². The van der Waals surface area contributed by atoms with Crippen LogP contribution in [-0.4, -0.2) is 27.7 Å². The summed E-state index contributed by atoms with van der Waals surface area (Å²) in [5.41, 5.74) is 5.62. The van der Waals surface area contributed by atoms with Gasteiger partial charge in [0.05, 0.1) is 24.5 Å². The highest BCUT2D eigenvalue weighted by atomic mass is 16.5. The van der Waals surface area contributed by atoms with Gasteiger partial charge in [-0.25, -0.2) is 4.98 Å². The lowest BCUT2D eigenvalue weighted by Gasteiger charge is -2.07. The molecule has 30 heavy (non-hydrogen) atoms. The number of carboxylic acids is 1. The van der Waals surface area contributed by atoms with Crippen LogP contribution in [0, 0.1) is 0 Å². The Labute approximate surface area is 175 Å². The average molecular weight is 400 g/mol. The number of rotatable bonds is 8. The Kier molecular flexibility index (Phi) is 5.80. The Morgan fingerprint density at radius 3 is 2.53 bits per heavy atom. The van der Waals surface area contributed by atoms with Gasteiger partial charge in [-0.2, -0.15) is 0 Å². The molecular weight excluding hydrogens is 376 g/mol. The summed E-state index contributed by atoms with van der Waals surface area (Å²) in [5.74, 6) is -0.197. The van der Waals surface area contributed by atoms with E-state index < -0.39 is 5.97 Å². The molecule has 0 fully saturated rings. The number of hydrogen-bond acceptors (Lipinski definition) is 3. The van der Waals surface area contributed by atoms with Gasteiger partial charge in [0, 0.05) is 24.1 Å². The van der Waals surface area contributed by atoms with Gasteiger partial charge in [0.15, 0.2) is 0 Å². The highest BCUT2D eigenvalue weighted by Crippen LogP contribution is 2.28. The van der Waals surface area contributed by atoms with Gasteiger partial charge in [0.1, 0.15) is 0 Å². The first-order valence-corrected chi connectivity index (χ1v) is 10.0. The molecule has 4 aromatic rings. The second-order valence-electron chi connectivity index (χ2n) is 7.31. The molecule has 5 nitrogen and oxygen atoms in total. The minimum atomic E-state index is -0.777. The molecule has 0 aliphatic heterocycles. The molecule has 0 spiro atoms. The van der Waals surface area contributed by atoms with E-state index >= 15 is 0 Å². The van der Waals surface area contributed by atoms with E-state index in [0.29, 0.717) is 12.3 Å². The third-order valence-corrected chi connectivity index (χ3v) is 5.31. The maximum absolute atomic E-state index is 11.0. The van der Waals surface area contributed by atoms with Crippen molar-refractivity contribution in [3.8, 4) is 11.6 Å².